The van der Waals surface area contributed by atoms with Gasteiger partial charge in [-0.05, 0) is 24.6 Å². The maximum Gasteiger partial charge on any atom is 0.0708 e. The third kappa shape index (κ3) is 1.51. The second kappa shape index (κ2) is 3.70. The molecule has 0 bridgehead atoms. The van der Waals surface area contributed by atoms with Crippen LogP contribution in [0.4, 0.5) is 0 Å². The summed E-state index contributed by atoms with van der Waals surface area (Å²) in [6.45, 7) is 2.08. The Balaban J connectivity index is 2.34. The van der Waals surface area contributed by atoms with Gasteiger partial charge in [0, 0.05) is 29.9 Å². The molecule has 84 valence electrons. The first-order valence-electron chi connectivity index (χ1n) is 5.60. The molecule has 0 spiro atoms. The first kappa shape index (κ1) is 10.0. The summed E-state index contributed by atoms with van der Waals surface area (Å²) in [6.07, 6.45) is 3.77. The lowest BCUT2D eigenvalue weighted by atomic mass is 10.0. The SMILES string of the molecule is Cc1c(-c2ccnc3ccccc23)cnn1C. The fourth-order valence-electron chi connectivity index (χ4n) is 2.09. The molecule has 2 heterocycles. The van der Waals surface area contributed by atoms with Crippen LogP contribution in [0, 0.1) is 6.92 Å². The Hall–Kier alpha value is -2.16. The molecular weight excluding hydrogens is 210 g/mol. The summed E-state index contributed by atoms with van der Waals surface area (Å²) in [5, 5.41) is 5.47. The predicted octanol–water partition coefficient (Wildman–Crippen LogP) is 2.94. The van der Waals surface area contributed by atoms with E-state index in [1.165, 1.54) is 22.2 Å². The van der Waals surface area contributed by atoms with Gasteiger partial charge >= 0.3 is 0 Å². The van der Waals surface area contributed by atoms with Gasteiger partial charge in [0.05, 0.1) is 11.7 Å². The minimum Gasteiger partial charge on any atom is -0.272 e. The molecule has 0 aliphatic rings. The van der Waals surface area contributed by atoms with Crippen molar-refractivity contribution >= 4 is 10.9 Å². The first-order chi connectivity index (χ1) is 8.27. The molecule has 0 atom stereocenters. The van der Waals surface area contributed by atoms with E-state index in [4.69, 9.17) is 0 Å². The standard InChI is InChI=1S/C14H13N3/c1-10-13(9-16-17(10)2)11-7-8-15-14-6-4-3-5-12(11)14/h3-9H,1-2H3. The summed E-state index contributed by atoms with van der Waals surface area (Å²) in [5.74, 6) is 0. The fourth-order valence-corrected chi connectivity index (χ4v) is 2.09. The molecule has 0 aliphatic carbocycles. The van der Waals surface area contributed by atoms with Crippen molar-refractivity contribution in [2.45, 2.75) is 6.92 Å². The largest absolute Gasteiger partial charge is 0.272 e. The number of para-hydroxylation sites is 1. The molecule has 0 radical (unpaired) electrons. The highest BCUT2D eigenvalue weighted by Gasteiger charge is 2.09. The summed E-state index contributed by atoms with van der Waals surface area (Å²) in [4.78, 5) is 4.38. The number of hydrogen-bond donors (Lipinski definition) is 0. The van der Waals surface area contributed by atoms with Crippen LogP contribution in [0.15, 0.2) is 42.7 Å². The molecule has 0 aliphatic heterocycles. The normalized spacial score (nSPS) is 10.9. The molecule has 0 saturated carbocycles. The van der Waals surface area contributed by atoms with Gasteiger partial charge in [-0.1, -0.05) is 18.2 Å². The molecule has 17 heavy (non-hydrogen) atoms. The van der Waals surface area contributed by atoms with Crippen molar-refractivity contribution in [2.24, 2.45) is 7.05 Å². The molecule has 0 unspecified atom stereocenters. The van der Waals surface area contributed by atoms with Crippen molar-refractivity contribution in [1.29, 1.82) is 0 Å². The molecule has 0 saturated heterocycles. The number of rotatable bonds is 1. The maximum absolute atomic E-state index is 4.38. The Morgan fingerprint density at radius 1 is 1.06 bits per heavy atom. The van der Waals surface area contributed by atoms with Gasteiger partial charge in [0.2, 0.25) is 0 Å². The van der Waals surface area contributed by atoms with Gasteiger partial charge in [0.15, 0.2) is 0 Å². The van der Waals surface area contributed by atoms with Crippen molar-refractivity contribution < 1.29 is 0 Å². The number of aromatic nitrogens is 3. The monoisotopic (exact) mass is 223 g/mol. The summed E-state index contributed by atoms with van der Waals surface area (Å²) in [6, 6.07) is 10.2. The highest BCUT2D eigenvalue weighted by molar-refractivity contribution is 5.94. The van der Waals surface area contributed by atoms with Crippen LogP contribution in [-0.2, 0) is 7.05 Å². The van der Waals surface area contributed by atoms with E-state index < -0.39 is 0 Å². The van der Waals surface area contributed by atoms with E-state index >= 15 is 0 Å². The van der Waals surface area contributed by atoms with Crippen molar-refractivity contribution in [3.05, 3.63) is 48.4 Å². The van der Waals surface area contributed by atoms with E-state index in [2.05, 4.69) is 23.1 Å². The second-order valence-electron chi connectivity index (χ2n) is 4.14. The van der Waals surface area contributed by atoms with Gasteiger partial charge in [-0.15, -0.1) is 0 Å². The zero-order valence-electron chi connectivity index (χ0n) is 9.88. The molecular formula is C14H13N3. The fraction of sp³-hybridized carbons (Fsp3) is 0.143. The lowest BCUT2D eigenvalue weighted by Gasteiger charge is -2.05. The van der Waals surface area contributed by atoms with Gasteiger partial charge in [0.1, 0.15) is 0 Å². The third-order valence-electron chi connectivity index (χ3n) is 3.17. The van der Waals surface area contributed by atoms with Crippen molar-refractivity contribution in [1.82, 2.24) is 14.8 Å². The molecule has 3 heteroatoms. The predicted molar refractivity (Wildman–Crippen MR) is 68.7 cm³/mol. The molecule has 2 aromatic heterocycles. The van der Waals surface area contributed by atoms with Crippen LogP contribution in [-0.4, -0.2) is 14.8 Å². The molecule has 3 rings (SSSR count). The molecule has 3 aromatic rings. The Labute approximate surface area is 99.7 Å². The van der Waals surface area contributed by atoms with E-state index in [0.29, 0.717) is 0 Å². The number of nitrogens with zero attached hydrogens (tertiary/aromatic N) is 3. The lowest BCUT2D eigenvalue weighted by Crippen LogP contribution is -1.92. The van der Waals surface area contributed by atoms with E-state index in [1.807, 2.05) is 48.4 Å². The van der Waals surface area contributed by atoms with E-state index in [1.54, 1.807) is 0 Å². The summed E-state index contributed by atoms with van der Waals surface area (Å²) in [7, 11) is 1.96. The van der Waals surface area contributed by atoms with Crippen LogP contribution < -0.4 is 0 Å². The van der Waals surface area contributed by atoms with E-state index in [-0.39, 0.29) is 0 Å². The maximum atomic E-state index is 4.38. The van der Waals surface area contributed by atoms with E-state index in [0.717, 1.165) is 5.52 Å². The number of benzene rings is 1. The molecule has 1 aromatic carbocycles. The third-order valence-corrected chi connectivity index (χ3v) is 3.17. The zero-order valence-corrected chi connectivity index (χ0v) is 9.88. The molecule has 3 nitrogen and oxygen atoms in total. The van der Waals surface area contributed by atoms with Crippen LogP contribution in [0.2, 0.25) is 0 Å². The second-order valence-corrected chi connectivity index (χ2v) is 4.14. The van der Waals surface area contributed by atoms with Gasteiger partial charge in [0.25, 0.3) is 0 Å². The average Bonchev–Trinajstić information content (AvgIpc) is 2.69. The topological polar surface area (TPSA) is 30.7 Å². The first-order valence-corrected chi connectivity index (χ1v) is 5.60. The highest BCUT2D eigenvalue weighted by Crippen LogP contribution is 2.28. The van der Waals surface area contributed by atoms with Crippen molar-refractivity contribution in [3.63, 3.8) is 0 Å². The molecule has 0 fully saturated rings. The van der Waals surface area contributed by atoms with Crippen LogP contribution in [0.5, 0.6) is 0 Å². The molecule has 0 amide bonds. The smallest absolute Gasteiger partial charge is 0.0708 e. The Morgan fingerprint density at radius 2 is 1.88 bits per heavy atom. The van der Waals surface area contributed by atoms with E-state index in [9.17, 15) is 0 Å². The number of hydrogen-bond acceptors (Lipinski definition) is 2. The number of aryl methyl sites for hydroxylation is 1. The van der Waals surface area contributed by atoms with Crippen LogP contribution in [0.3, 0.4) is 0 Å². The lowest BCUT2D eigenvalue weighted by molar-refractivity contribution is 0.740. The summed E-state index contributed by atoms with van der Waals surface area (Å²) in [5.41, 5.74) is 4.56. The quantitative estimate of drug-likeness (QED) is 0.635. The van der Waals surface area contributed by atoms with Gasteiger partial charge in [-0.25, -0.2) is 0 Å². The Kier molecular flexibility index (Phi) is 2.18. The van der Waals surface area contributed by atoms with Crippen LogP contribution >= 0.6 is 0 Å². The highest BCUT2D eigenvalue weighted by atomic mass is 15.3. The van der Waals surface area contributed by atoms with Gasteiger partial charge in [-0.2, -0.15) is 5.10 Å². The molecule has 0 N–H and O–H groups in total. The average molecular weight is 223 g/mol. The minimum absolute atomic E-state index is 1.02. The van der Waals surface area contributed by atoms with Crippen molar-refractivity contribution in [3.8, 4) is 11.1 Å². The number of fused-ring (bicyclic) bond motifs is 1. The zero-order chi connectivity index (χ0) is 11.8. The van der Waals surface area contributed by atoms with Gasteiger partial charge < -0.3 is 0 Å². The van der Waals surface area contributed by atoms with Crippen molar-refractivity contribution in [2.75, 3.05) is 0 Å². The summed E-state index contributed by atoms with van der Waals surface area (Å²) < 4.78 is 1.89. The summed E-state index contributed by atoms with van der Waals surface area (Å²) >= 11 is 0. The van der Waals surface area contributed by atoms with Crippen LogP contribution in [0.25, 0.3) is 22.0 Å². The van der Waals surface area contributed by atoms with Crippen LogP contribution in [0.1, 0.15) is 5.69 Å². The Bertz CT molecular complexity index is 678. The minimum atomic E-state index is 1.02. The van der Waals surface area contributed by atoms with Gasteiger partial charge in [-0.3, -0.25) is 9.67 Å². The Morgan fingerprint density at radius 3 is 2.65 bits per heavy atom. The number of pyridine rings is 1.